The normalized spacial score (nSPS) is 15.7. The van der Waals surface area contributed by atoms with Crippen molar-refractivity contribution >= 4 is 35.5 Å². The largest absolute Gasteiger partial charge is 0.481 e. The second kappa shape index (κ2) is 21.7. The average Bonchev–Trinajstić information content (AvgIpc) is 4.04. The number of aldehydes is 1. The molecule has 0 saturated heterocycles. The maximum atomic E-state index is 11.7. The van der Waals surface area contributed by atoms with E-state index < -0.39 is 11.4 Å². The van der Waals surface area contributed by atoms with Crippen LogP contribution in [0.25, 0.3) is 67.9 Å². The molecule has 1 aliphatic carbocycles. The number of aromatic nitrogens is 4. The van der Waals surface area contributed by atoms with Gasteiger partial charge in [-0.05, 0) is 106 Å². The Hall–Kier alpha value is -6.72. The van der Waals surface area contributed by atoms with Crippen LogP contribution in [0, 0.1) is 11.3 Å². The van der Waals surface area contributed by atoms with Gasteiger partial charge in [0.15, 0.2) is 0 Å². The van der Waals surface area contributed by atoms with E-state index >= 15 is 0 Å². The lowest BCUT2D eigenvalue weighted by Gasteiger charge is -2.36. The quantitative estimate of drug-likeness (QED) is 0.120. The highest BCUT2D eigenvalue weighted by Crippen LogP contribution is 2.43. The van der Waals surface area contributed by atoms with Crippen LogP contribution in [0.4, 0.5) is 0 Å². The third-order valence-corrected chi connectivity index (χ3v) is 12.3. The van der Waals surface area contributed by atoms with E-state index in [0.29, 0.717) is 51.4 Å². The number of nitrogens with zero attached hydrogens (tertiary/aromatic N) is 4. The first-order chi connectivity index (χ1) is 32.2. The maximum Gasteiger partial charge on any atom is 0.309 e. The molecule has 0 spiro atoms. The summed E-state index contributed by atoms with van der Waals surface area (Å²) in [4.78, 5) is 31.5. The Balaban J connectivity index is 0.000000188. The average molecular weight is 935 g/mol. The Kier molecular flexibility index (Phi) is 15.6. The fourth-order valence-corrected chi connectivity index (χ4v) is 8.48. The third kappa shape index (κ3) is 12.6. The van der Waals surface area contributed by atoms with Crippen molar-refractivity contribution in [2.75, 3.05) is 0 Å². The Morgan fingerprint density at radius 3 is 1.48 bits per heavy atom. The van der Waals surface area contributed by atoms with E-state index in [-0.39, 0.29) is 5.54 Å². The minimum absolute atomic E-state index is 0. The highest BCUT2D eigenvalue weighted by atomic mass is 35.5. The number of rotatable bonds is 11. The molecule has 2 aromatic heterocycles. The summed E-state index contributed by atoms with van der Waals surface area (Å²) in [7, 11) is 0. The van der Waals surface area contributed by atoms with Crippen molar-refractivity contribution in [2.45, 2.75) is 71.8 Å². The molecule has 0 amide bonds. The zero-order chi connectivity index (χ0) is 47.6. The van der Waals surface area contributed by atoms with Crippen LogP contribution in [-0.2, 0) is 11.2 Å². The molecule has 10 nitrogen and oxygen atoms in total. The van der Waals surface area contributed by atoms with Gasteiger partial charge in [-0.1, -0.05) is 162 Å². The molecule has 0 bridgehead atoms. The Bertz CT molecular complexity index is 2880. The summed E-state index contributed by atoms with van der Waals surface area (Å²) >= 11 is 13.0. The van der Waals surface area contributed by atoms with Gasteiger partial charge in [0, 0.05) is 54.5 Å². The molecule has 3 N–H and O–H groups in total. The first-order valence-electron chi connectivity index (χ1n) is 22.3. The van der Waals surface area contributed by atoms with Crippen LogP contribution >= 0.6 is 23.2 Å². The number of nitrogens with two attached hydrogens (primary N) is 1. The second-order valence-electron chi connectivity index (χ2n) is 17.9. The van der Waals surface area contributed by atoms with Crippen LogP contribution in [0.1, 0.15) is 75.7 Å². The molecule has 2 heterocycles. The van der Waals surface area contributed by atoms with Gasteiger partial charge in [-0.15, -0.1) is 0 Å². The maximum absolute atomic E-state index is 11.7. The standard InChI is InChI=1S/C30H29ClN2O3.C21H13ClN2O2.C4H11N/c1-2-30(29(34)35)16-14-21(15-17-30)18-20-8-10-23(11-9-20)27-32-28(36-33-27)24-12-13-25(26(31)19-24)22-6-4-3-5-7-22;22-19-12-17(10-11-18(19)15-4-2-1-3-5-15)21-23-20(24-26-21)16-8-6-14(13-25)7-9-16;1-4(2,3)5/h3-13,19,21H,2,14-18H2,1H3,(H,34,35);1-13H;5H2,1-3H3. The van der Waals surface area contributed by atoms with Gasteiger partial charge in [0.1, 0.15) is 6.29 Å². The third-order valence-electron chi connectivity index (χ3n) is 11.7. The number of halogens is 2. The monoisotopic (exact) mass is 933 g/mol. The van der Waals surface area contributed by atoms with Crippen molar-refractivity contribution in [3.63, 3.8) is 0 Å². The van der Waals surface area contributed by atoms with Crippen LogP contribution in [0.15, 0.2) is 155 Å². The predicted octanol–water partition coefficient (Wildman–Crippen LogP) is 14.2. The first kappa shape index (κ1) is 48.2. The Morgan fingerprint density at radius 2 is 1.09 bits per heavy atom. The van der Waals surface area contributed by atoms with Gasteiger partial charge in [0.05, 0.1) is 5.41 Å². The lowest BCUT2D eigenvalue weighted by Crippen LogP contribution is -2.35. The van der Waals surface area contributed by atoms with E-state index in [1.807, 2.05) is 137 Å². The molecule has 1 aliphatic rings. The molecule has 1 saturated carbocycles. The Labute approximate surface area is 401 Å². The van der Waals surface area contributed by atoms with E-state index in [4.69, 9.17) is 38.0 Å². The predicted molar refractivity (Wildman–Crippen MR) is 267 cm³/mol. The van der Waals surface area contributed by atoms with Gasteiger partial charge in [0.2, 0.25) is 11.6 Å². The lowest BCUT2D eigenvalue weighted by molar-refractivity contribution is -0.151. The van der Waals surface area contributed by atoms with Crippen LogP contribution in [0.3, 0.4) is 0 Å². The summed E-state index contributed by atoms with van der Waals surface area (Å²) in [5.74, 6) is 1.70. The number of carbonyl (C=O) groups is 2. The number of benzene rings is 6. The molecule has 0 atom stereocenters. The van der Waals surface area contributed by atoms with Crippen LogP contribution < -0.4 is 5.73 Å². The van der Waals surface area contributed by atoms with Gasteiger partial charge in [-0.3, -0.25) is 9.59 Å². The van der Waals surface area contributed by atoms with Crippen molar-refractivity contribution in [1.29, 1.82) is 0 Å². The van der Waals surface area contributed by atoms with Crippen molar-refractivity contribution in [2.24, 2.45) is 17.1 Å². The number of carbonyl (C=O) groups excluding carboxylic acids is 1. The molecule has 0 aliphatic heterocycles. The smallest absolute Gasteiger partial charge is 0.309 e. The topological polar surface area (TPSA) is 158 Å². The number of hydrogen-bond donors (Lipinski definition) is 2. The van der Waals surface area contributed by atoms with E-state index in [0.717, 1.165) is 82.9 Å². The van der Waals surface area contributed by atoms with Crippen LogP contribution in [0.2, 0.25) is 10.0 Å². The molecule has 9 rings (SSSR count). The van der Waals surface area contributed by atoms with E-state index in [9.17, 15) is 14.7 Å². The molecule has 12 heteroatoms. The summed E-state index contributed by atoms with van der Waals surface area (Å²) in [5, 5.41) is 19.1. The highest BCUT2D eigenvalue weighted by molar-refractivity contribution is 6.34. The zero-order valence-electron chi connectivity index (χ0n) is 38.0. The molecular weight excluding hydrogens is 882 g/mol. The highest BCUT2D eigenvalue weighted by Gasteiger charge is 2.40. The van der Waals surface area contributed by atoms with Gasteiger partial charge >= 0.3 is 5.97 Å². The molecule has 0 unspecified atom stereocenters. The second-order valence-corrected chi connectivity index (χ2v) is 18.7. The van der Waals surface area contributed by atoms with Gasteiger partial charge in [-0.2, -0.15) is 9.97 Å². The minimum atomic E-state index is -0.637. The number of carboxylic acids is 1. The summed E-state index contributed by atoms with van der Waals surface area (Å²) in [6, 6.07) is 46.6. The summed E-state index contributed by atoms with van der Waals surface area (Å²) in [6.07, 6.45) is 5.92. The van der Waals surface area contributed by atoms with Crippen molar-refractivity contribution < 1.29 is 23.7 Å². The SMILES string of the molecule is CC(C)(C)N.CCC1(C(=O)O)CCC(Cc2ccc(-c3noc(-c4ccc(-c5ccccc5)c(Cl)c4)n3)cc2)CC1.O=Cc1ccc(-c2noc(-c3ccc(-c4ccccc4)c(Cl)c3)n2)cc1. The molecule has 0 radical (unpaired) electrons. The molecule has 342 valence electrons. The van der Waals surface area contributed by atoms with Crippen molar-refractivity contribution in [1.82, 2.24) is 20.3 Å². The van der Waals surface area contributed by atoms with Crippen molar-refractivity contribution in [3.8, 4) is 67.9 Å². The number of hydrogen-bond acceptors (Lipinski definition) is 9. The zero-order valence-corrected chi connectivity index (χ0v) is 39.5. The molecular formula is C55H53Cl2N5O5. The van der Waals surface area contributed by atoms with Crippen molar-refractivity contribution in [3.05, 3.63) is 167 Å². The first-order valence-corrected chi connectivity index (χ1v) is 23.0. The molecule has 8 aromatic rings. The lowest BCUT2D eigenvalue weighted by atomic mass is 9.68. The number of carboxylic acid groups (broad SMARTS) is 1. The minimum Gasteiger partial charge on any atom is -0.481 e. The van der Waals surface area contributed by atoms with Gasteiger partial charge in [0.25, 0.3) is 11.8 Å². The molecule has 6 aromatic carbocycles. The summed E-state index contributed by atoms with van der Waals surface area (Å²) in [6.45, 7) is 7.89. The van der Waals surface area contributed by atoms with E-state index in [2.05, 4.69) is 32.4 Å². The fourth-order valence-electron chi connectivity index (χ4n) is 7.90. The Morgan fingerprint density at radius 1 is 0.672 bits per heavy atom. The number of aliphatic carboxylic acids is 1. The van der Waals surface area contributed by atoms with Crippen LogP contribution in [0.5, 0.6) is 0 Å². The molecule has 67 heavy (non-hydrogen) atoms. The van der Waals surface area contributed by atoms with Crippen LogP contribution in [-0.4, -0.2) is 43.2 Å². The summed E-state index contributed by atoms with van der Waals surface area (Å²) in [5.41, 5.74) is 13.9. The fraction of sp³-hybridized carbons (Fsp3) is 0.236. The molecule has 1 fully saturated rings. The van der Waals surface area contributed by atoms with Gasteiger partial charge < -0.3 is 19.9 Å². The summed E-state index contributed by atoms with van der Waals surface area (Å²) < 4.78 is 10.9. The van der Waals surface area contributed by atoms with E-state index in [1.54, 1.807) is 24.3 Å². The van der Waals surface area contributed by atoms with E-state index in [1.165, 1.54) is 5.56 Å². The van der Waals surface area contributed by atoms with Gasteiger partial charge in [-0.25, -0.2) is 0 Å².